The fourth-order valence-electron chi connectivity index (χ4n) is 3.97. The molecule has 5 heteroatoms. The summed E-state index contributed by atoms with van der Waals surface area (Å²) in [5.41, 5.74) is 0. The van der Waals surface area contributed by atoms with Crippen LogP contribution in [-0.2, 0) is 9.47 Å². The van der Waals surface area contributed by atoms with Crippen molar-refractivity contribution in [3.8, 4) is 0 Å². The summed E-state index contributed by atoms with van der Waals surface area (Å²) >= 11 is 0. The minimum absolute atomic E-state index is 0.0991. The van der Waals surface area contributed by atoms with E-state index in [1.165, 1.54) is 83.5 Å². The van der Waals surface area contributed by atoms with Crippen molar-refractivity contribution in [1.29, 1.82) is 0 Å². The highest BCUT2D eigenvalue weighted by molar-refractivity contribution is 4.88. The van der Waals surface area contributed by atoms with Crippen LogP contribution in [0, 0.1) is 0 Å². The normalized spacial score (nSPS) is 22.9. The van der Waals surface area contributed by atoms with Crippen LogP contribution in [0.3, 0.4) is 0 Å². The lowest BCUT2D eigenvalue weighted by Gasteiger charge is -2.24. The summed E-state index contributed by atoms with van der Waals surface area (Å²) in [6.07, 6.45) is 20.8. The number of unbranched alkanes of at least 4 members (excludes halogenated alkanes) is 13. The zero-order valence-corrected chi connectivity index (χ0v) is 19.4. The van der Waals surface area contributed by atoms with Crippen molar-refractivity contribution in [2.24, 2.45) is 0 Å². The first kappa shape index (κ1) is 27.6. The second-order valence-corrected chi connectivity index (χ2v) is 8.74. The van der Waals surface area contributed by atoms with Gasteiger partial charge >= 0.3 is 0 Å². The van der Waals surface area contributed by atoms with Crippen molar-refractivity contribution in [2.45, 2.75) is 128 Å². The highest BCUT2D eigenvalue weighted by atomic mass is 16.6. The molecule has 5 nitrogen and oxygen atoms in total. The van der Waals surface area contributed by atoms with Crippen molar-refractivity contribution in [1.82, 2.24) is 0 Å². The fourth-order valence-corrected chi connectivity index (χ4v) is 3.97. The molecule has 0 aliphatic carbocycles. The Kier molecular flexibility index (Phi) is 17.7. The molecule has 30 heavy (non-hydrogen) atoms. The molecule has 0 bridgehead atoms. The molecule has 1 heterocycles. The number of hydrogen-bond donors (Lipinski definition) is 3. The van der Waals surface area contributed by atoms with Crippen molar-refractivity contribution in [2.75, 3.05) is 19.8 Å². The number of aliphatic hydroxyl groups excluding tert-OH is 3. The molecular formula is C25H48O5. The first-order chi connectivity index (χ1) is 14.7. The van der Waals surface area contributed by atoms with Gasteiger partial charge in [0.1, 0.15) is 24.4 Å². The fraction of sp³-hybridized carbons (Fsp3) is 0.920. The van der Waals surface area contributed by atoms with Gasteiger partial charge in [-0.2, -0.15) is 0 Å². The molecule has 0 aromatic heterocycles. The first-order valence-corrected chi connectivity index (χ1v) is 12.6. The molecule has 4 atom stereocenters. The topological polar surface area (TPSA) is 79.2 Å². The summed E-state index contributed by atoms with van der Waals surface area (Å²) in [7, 11) is 0. The quantitative estimate of drug-likeness (QED) is 0.190. The zero-order valence-electron chi connectivity index (χ0n) is 19.4. The smallest absolute Gasteiger partial charge is 0.114 e. The number of aliphatic hydroxyl groups is 3. The molecule has 1 saturated heterocycles. The van der Waals surface area contributed by atoms with Crippen LogP contribution in [0.1, 0.15) is 103 Å². The van der Waals surface area contributed by atoms with Crippen LogP contribution in [-0.4, -0.2) is 59.6 Å². The molecule has 3 N–H and O–H groups in total. The van der Waals surface area contributed by atoms with E-state index >= 15 is 0 Å². The standard InChI is InChI=1S/C25H48O5/c1-2-3-4-5-6-7-8-9-10-11-12-13-14-15-16-17-18-19-29-23(20-26)25-24(28)22(27)21-30-25/h6-7,22-28H,2-5,8-21H2,1H3/b7-6+/t22-,23+,24+,25+/m0/s1. The van der Waals surface area contributed by atoms with Gasteiger partial charge in [-0.3, -0.25) is 0 Å². The van der Waals surface area contributed by atoms with E-state index in [9.17, 15) is 15.3 Å². The molecular weight excluding hydrogens is 380 g/mol. The monoisotopic (exact) mass is 428 g/mol. The maximum Gasteiger partial charge on any atom is 0.114 e. The van der Waals surface area contributed by atoms with E-state index in [0.717, 1.165) is 12.8 Å². The molecule has 0 spiro atoms. The SMILES string of the molecule is CCCCC/C=C/CCCCCCCCCCCCO[C@H](CO)[C@H]1OC[C@H](O)[C@H]1O. The van der Waals surface area contributed by atoms with Crippen molar-refractivity contribution in [3.05, 3.63) is 12.2 Å². The van der Waals surface area contributed by atoms with Gasteiger partial charge in [0, 0.05) is 6.61 Å². The Bertz CT molecular complexity index is 401. The Labute approximate surface area is 184 Å². The number of hydrogen-bond acceptors (Lipinski definition) is 5. The predicted molar refractivity (Wildman–Crippen MR) is 123 cm³/mol. The molecule has 1 aliphatic rings. The van der Waals surface area contributed by atoms with Crippen molar-refractivity contribution < 1.29 is 24.8 Å². The molecule has 1 rings (SSSR count). The molecule has 178 valence electrons. The summed E-state index contributed by atoms with van der Waals surface area (Å²) in [4.78, 5) is 0. The zero-order chi connectivity index (χ0) is 21.9. The van der Waals surface area contributed by atoms with Gasteiger partial charge in [0.25, 0.3) is 0 Å². The molecule has 0 aromatic carbocycles. The molecule has 0 unspecified atom stereocenters. The molecule has 0 amide bonds. The van der Waals surface area contributed by atoms with E-state index in [1.54, 1.807) is 0 Å². The lowest BCUT2D eigenvalue weighted by atomic mass is 10.1. The number of ether oxygens (including phenoxy) is 2. The Balaban J connectivity index is 1.82. The molecule has 1 fully saturated rings. The Morgan fingerprint density at radius 3 is 1.87 bits per heavy atom. The minimum atomic E-state index is -0.978. The minimum Gasteiger partial charge on any atom is -0.394 e. The van der Waals surface area contributed by atoms with E-state index in [1.807, 2.05) is 0 Å². The van der Waals surface area contributed by atoms with Gasteiger partial charge < -0.3 is 24.8 Å². The molecule has 0 radical (unpaired) electrons. The van der Waals surface area contributed by atoms with Crippen LogP contribution in [0.4, 0.5) is 0 Å². The maximum absolute atomic E-state index is 9.84. The highest BCUT2D eigenvalue weighted by Crippen LogP contribution is 2.20. The third-order valence-electron chi connectivity index (χ3n) is 5.97. The summed E-state index contributed by atoms with van der Waals surface area (Å²) in [6, 6.07) is 0. The van der Waals surface area contributed by atoms with Crippen LogP contribution in [0.5, 0.6) is 0 Å². The van der Waals surface area contributed by atoms with Crippen LogP contribution in [0.25, 0.3) is 0 Å². The Hall–Kier alpha value is -0.460. The molecule has 1 aliphatic heterocycles. The largest absolute Gasteiger partial charge is 0.394 e. The van der Waals surface area contributed by atoms with Gasteiger partial charge in [-0.15, -0.1) is 0 Å². The second kappa shape index (κ2) is 19.2. The number of rotatable bonds is 20. The summed E-state index contributed by atoms with van der Waals surface area (Å²) in [5, 5.41) is 28.8. The van der Waals surface area contributed by atoms with E-state index < -0.39 is 24.4 Å². The van der Waals surface area contributed by atoms with Crippen LogP contribution >= 0.6 is 0 Å². The summed E-state index contributed by atoms with van der Waals surface area (Å²) in [5.74, 6) is 0. The van der Waals surface area contributed by atoms with E-state index in [-0.39, 0.29) is 13.2 Å². The van der Waals surface area contributed by atoms with Crippen LogP contribution in [0.15, 0.2) is 12.2 Å². The third kappa shape index (κ3) is 13.1. The van der Waals surface area contributed by atoms with Gasteiger partial charge in [-0.1, -0.05) is 83.3 Å². The van der Waals surface area contributed by atoms with Gasteiger partial charge in [-0.25, -0.2) is 0 Å². The third-order valence-corrected chi connectivity index (χ3v) is 5.97. The molecule has 0 aromatic rings. The number of allylic oxidation sites excluding steroid dienone is 2. The lowest BCUT2D eigenvalue weighted by molar-refractivity contribution is -0.101. The van der Waals surface area contributed by atoms with E-state index in [4.69, 9.17) is 9.47 Å². The summed E-state index contributed by atoms with van der Waals surface area (Å²) < 4.78 is 11.0. The molecule has 0 saturated carbocycles. The van der Waals surface area contributed by atoms with Crippen LogP contribution in [0.2, 0.25) is 0 Å². The van der Waals surface area contributed by atoms with E-state index in [0.29, 0.717) is 6.61 Å². The van der Waals surface area contributed by atoms with Gasteiger partial charge in [-0.05, 0) is 32.1 Å². The van der Waals surface area contributed by atoms with Gasteiger partial charge in [0.15, 0.2) is 0 Å². The van der Waals surface area contributed by atoms with E-state index in [2.05, 4.69) is 19.1 Å². The average Bonchev–Trinajstić information content (AvgIpc) is 3.08. The highest BCUT2D eigenvalue weighted by Gasteiger charge is 2.40. The van der Waals surface area contributed by atoms with Gasteiger partial charge in [0.2, 0.25) is 0 Å². The first-order valence-electron chi connectivity index (χ1n) is 12.6. The Morgan fingerprint density at radius 2 is 1.37 bits per heavy atom. The van der Waals surface area contributed by atoms with Crippen molar-refractivity contribution in [3.63, 3.8) is 0 Å². The van der Waals surface area contributed by atoms with Crippen molar-refractivity contribution >= 4 is 0 Å². The van der Waals surface area contributed by atoms with Crippen LogP contribution < -0.4 is 0 Å². The summed E-state index contributed by atoms with van der Waals surface area (Å²) in [6.45, 7) is 2.70. The maximum atomic E-state index is 9.84. The predicted octanol–water partition coefficient (Wildman–Crippen LogP) is 4.91. The second-order valence-electron chi connectivity index (χ2n) is 8.74. The van der Waals surface area contributed by atoms with Gasteiger partial charge in [0.05, 0.1) is 13.2 Å². The lowest BCUT2D eigenvalue weighted by Crippen LogP contribution is -2.42. The average molecular weight is 429 g/mol. The Morgan fingerprint density at radius 1 is 0.833 bits per heavy atom.